The zero-order valence-corrected chi connectivity index (χ0v) is 8.66. The Bertz CT molecular complexity index is 303. The van der Waals surface area contributed by atoms with E-state index in [-0.39, 0.29) is 0 Å². The van der Waals surface area contributed by atoms with E-state index in [1.807, 2.05) is 24.3 Å². The molecule has 0 bridgehead atoms. The molecule has 1 saturated carbocycles. The van der Waals surface area contributed by atoms with Gasteiger partial charge in [0.25, 0.3) is 0 Å². The lowest BCUT2D eigenvalue weighted by Gasteiger charge is -2.16. The van der Waals surface area contributed by atoms with Gasteiger partial charge in [-0.25, -0.2) is 0 Å². The zero-order valence-electron chi connectivity index (χ0n) is 7.07. The molecule has 0 saturated heterocycles. The summed E-state index contributed by atoms with van der Waals surface area (Å²) >= 11 is 3.32. The van der Waals surface area contributed by atoms with E-state index in [1.165, 1.54) is 0 Å². The summed E-state index contributed by atoms with van der Waals surface area (Å²) in [5.74, 6) is 0. The number of benzene rings is 1. The molecule has 0 unspecified atom stereocenters. The third-order valence-corrected chi connectivity index (χ3v) is 2.99. The maximum Gasteiger partial charge on any atom is 0.108 e. The van der Waals surface area contributed by atoms with Crippen LogP contribution in [0.1, 0.15) is 24.5 Å². The molecule has 1 aromatic rings. The Kier molecular flexibility index (Phi) is 2.18. The highest BCUT2D eigenvalue weighted by Gasteiger charge is 2.47. The lowest BCUT2D eigenvalue weighted by molar-refractivity contribution is -0.00173. The smallest absolute Gasteiger partial charge is 0.108 e. The first-order chi connectivity index (χ1) is 6.12. The molecule has 2 nitrogen and oxygen atoms in total. The lowest BCUT2D eigenvalue weighted by Crippen LogP contribution is -2.19. The predicted octanol–water partition coefficient (Wildman–Crippen LogP) is 2.01. The van der Waals surface area contributed by atoms with Crippen LogP contribution in [0.2, 0.25) is 0 Å². The number of rotatable bonds is 2. The monoisotopic (exact) mass is 242 g/mol. The maximum atomic E-state index is 9.75. The van der Waals surface area contributed by atoms with Crippen molar-refractivity contribution >= 4 is 15.9 Å². The Morgan fingerprint density at radius 1 is 1.23 bits per heavy atom. The molecule has 1 fully saturated rings. The van der Waals surface area contributed by atoms with Crippen LogP contribution in [0.15, 0.2) is 28.7 Å². The molecule has 0 aliphatic heterocycles. The zero-order chi connectivity index (χ0) is 9.47. The van der Waals surface area contributed by atoms with E-state index in [1.54, 1.807) is 0 Å². The second-order valence-electron chi connectivity index (χ2n) is 3.56. The summed E-state index contributed by atoms with van der Waals surface area (Å²) in [6.07, 6.45) is 0.662. The summed E-state index contributed by atoms with van der Waals surface area (Å²) in [4.78, 5) is 0. The average Bonchev–Trinajstić information content (AvgIpc) is 2.85. The van der Waals surface area contributed by atoms with Crippen LogP contribution < -0.4 is 0 Å². The van der Waals surface area contributed by atoms with Gasteiger partial charge < -0.3 is 10.2 Å². The van der Waals surface area contributed by atoms with Crippen molar-refractivity contribution in [3.8, 4) is 0 Å². The first-order valence-electron chi connectivity index (χ1n) is 4.28. The number of hydrogen-bond donors (Lipinski definition) is 2. The van der Waals surface area contributed by atoms with Crippen molar-refractivity contribution in [3.05, 3.63) is 34.3 Å². The summed E-state index contributed by atoms with van der Waals surface area (Å²) in [7, 11) is 0. The van der Waals surface area contributed by atoms with Crippen LogP contribution in [0.4, 0.5) is 0 Å². The minimum atomic E-state index is -0.853. The SMILES string of the molecule is O[C@H](c1ccc(Br)cc1)C1(O)CC1. The minimum absolute atomic E-state index is 0.699. The Morgan fingerprint density at radius 2 is 1.77 bits per heavy atom. The first-order valence-corrected chi connectivity index (χ1v) is 5.07. The van der Waals surface area contributed by atoms with Crippen molar-refractivity contribution < 1.29 is 10.2 Å². The molecule has 1 aliphatic carbocycles. The van der Waals surface area contributed by atoms with E-state index in [4.69, 9.17) is 0 Å². The van der Waals surface area contributed by atoms with Crippen LogP contribution in [0, 0.1) is 0 Å². The summed E-state index contributed by atoms with van der Waals surface area (Å²) in [6, 6.07) is 7.38. The predicted molar refractivity (Wildman–Crippen MR) is 53.3 cm³/mol. The Hall–Kier alpha value is -0.380. The highest BCUT2D eigenvalue weighted by atomic mass is 79.9. The van der Waals surface area contributed by atoms with Crippen molar-refractivity contribution in [1.29, 1.82) is 0 Å². The van der Waals surface area contributed by atoms with E-state index in [0.29, 0.717) is 12.8 Å². The van der Waals surface area contributed by atoms with Gasteiger partial charge in [0.15, 0.2) is 0 Å². The molecular weight excluding hydrogens is 232 g/mol. The standard InChI is InChI=1S/C10H11BrO2/c11-8-3-1-7(2-4-8)9(12)10(13)5-6-10/h1-4,9,12-13H,5-6H2/t9-/m1/s1. The van der Waals surface area contributed by atoms with Crippen molar-refractivity contribution in [2.45, 2.75) is 24.5 Å². The molecule has 0 radical (unpaired) electrons. The molecule has 2 N–H and O–H groups in total. The molecule has 3 heteroatoms. The highest BCUT2D eigenvalue weighted by molar-refractivity contribution is 9.10. The van der Waals surface area contributed by atoms with Gasteiger partial charge in [-0.1, -0.05) is 28.1 Å². The summed E-state index contributed by atoms with van der Waals surface area (Å²) in [6.45, 7) is 0. The Labute approximate surface area is 85.3 Å². The van der Waals surface area contributed by atoms with Gasteiger partial charge in [0.1, 0.15) is 6.10 Å². The molecule has 0 aromatic heterocycles. The second-order valence-corrected chi connectivity index (χ2v) is 4.47. The largest absolute Gasteiger partial charge is 0.387 e. The van der Waals surface area contributed by atoms with Crippen LogP contribution in [-0.4, -0.2) is 15.8 Å². The molecule has 1 aliphatic rings. The van der Waals surface area contributed by atoms with Gasteiger partial charge in [0.05, 0.1) is 5.60 Å². The number of aliphatic hydroxyl groups is 2. The van der Waals surface area contributed by atoms with Crippen LogP contribution in [0.5, 0.6) is 0 Å². The van der Waals surface area contributed by atoms with E-state index in [0.717, 1.165) is 10.0 Å². The van der Waals surface area contributed by atoms with Crippen molar-refractivity contribution in [3.63, 3.8) is 0 Å². The van der Waals surface area contributed by atoms with Gasteiger partial charge in [-0.2, -0.15) is 0 Å². The van der Waals surface area contributed by atoms with Gasteiger partial charge in [-0.15, -0.1) is 0 Å². The maximum absolute atomic E-state index is 9.75. The molecule has 0 heterocycles. The molecule has 70 valence electrons. The van der Waals surface area contributed by atoms with Crippen molar-refractivity contribution in [1.82, 2.24) is 0 Å². The van der Waals surface area contributed by atoms with Crippen LogP contribution in [0.3, 0.4) is 0 Å². The van der Waals surface area contributed by atoms with Crippen LogP contribution in [0.25, 0.3) is 0 Å². The molecule has 0 amide bonds. The number of hydrogen-bond acceptors (Lipinski definition) is 2. The Balaban J connectivity index is 2.20. The summed E-state index contributed by atoms with van der Waals surface area (Å²) in [5, 5.41) is 19.4. The van der Waals surface area contributed by atoms with Gasteiger partial charge in [0, 0.05) is 4.47 Å². The topological polar surface area (TPSA) is 40.5 Å². The first kappa shape index (κ1) is 9.19. The van der Waals surface area contributed by atoms with Gasteiger partial charge in [0.2, 0.25) is 0 Å². The van der Waals surface area contributed by atoms with Crippen LogP contribution >= 0.6 is 15.9 Å². The third kappa shape index (κ3) is 1.77. The molecule has 13 heavy (non-hydrogen) atoms. The van der Waals surface area contributed by atoms with E-state index in [9.17, 15) is 10.2 Å². The molecule has 1 atom stereocenters. The number of aliphatic hydroxyl groups excluding tert-OH is 1. The fraction of sp³-hybridized carbons (Fsp3) is 0.400. The average molecular weight is 243 g/mol. The van der Waals surface area contributed by atoms with Gasteiger partial charge in [-0.05, 0) is 30.5 Å². The summed E-state index contributed by atoms with van der Waals surface area (Å²) in [5.41, 5.74) is -0.0726. The van der Waals surface area contributed by atoms with Gasteiger partial charge in [-0.3, -0.25) is 0 Å². The second kappa shape index (κ2) is 3.08. The number of halogens is 1. The van der Waals surface area contributed by atoms with E-state index in [2.05, 4.69) is 15.9 Å². The van der Waals surface area contributed by atoms with E-state index >= 15 is 0 Å². The molecule has 2 rings (SSSR count). The Morgan fingerprint density at radius 3 is 2.23 bits per heavy atom. The fourth-order valence-corrected chi connectivity index (χ4v) is 1.62. The lowest BCUT2D eigenvalue weighted by atomic mass is 10.0. The van der Waals surface area contributed by atoms with Crippen LogP contribution in [-0.2, 0) is 0 Å². The minimum Gasteiger partial charge on any atom is -0.387 e. The molecule has 0 spiro atoms. The van der Waals surface area contributed by atoms with Crippen molar-refractivity contribution in [2.24, 2.45) is 0 Å². The fourth-order valence-electron chi connectivity index (χ4n) is 1.36. The molecular formula is C10H11BrO2. The summed E-state index contributed by atoms with van der Waals surface area (Å²) < 4.78 is 0.978. The van der Waals surface area contributed by atoms with Crippen molar-refractivity contribution in [2.75, 3.05) is 0 Å². The van der Waals surface area contributed by atoms with Gasteiger partial charge >= 0.3 is 0 Å². The van der Waals surface area contributed by atoms with E-state index < -0.39 is 11.7 Å². The third-order valence-electron chi connectivity index (χ3n) is 2.46. The normalized spacial score (nSPS) is 21.2. The quantitative estimate of drug-likeness (QED) is 0.834. The molecule has 1 aromatic carbocycles. The highest BCUT2D eigenvalue weighted by Crippen LogP contribution is 2.45.